The Morgan fingerprint density at radius 3 is 2.84 bits per heavy atom. The molecule has 1 aromatic heterocycles. The lowest BCUT2D eigenvalue weighted by Gasteiger charge is -2.29. The number of pyridine rings is 1. The maximum absolute atomic E-state index is 12.1. The molecule has 0 unspecified atom stereocenters. The van der Waals surface area contributed by atoms with Gasteiger partial charge in [-0.2, -0.15) is 0 Å². The normalized spacial score (nSPS) is 16.3. The van der Waals surface area contributed by atoms with Gasteiger partial charge in [-0.15, -0.1) is 0 Å². The highest BCUT2D eigenvalue weighted by Crippen LogP contribution is 1.98. The van der Waals surface area contributed by atoms with Gasteiger partial charge in [0.2, 0.25) is 0 Å². The fourth-order valence-electron chi connectivity index (χ4n) is 2.12. The molecule has 2 rings (SSSR count). The van der Waals surface area contributed by atoms with Gasteiger partial charge in [-0.05, 0) is 12.1 Å². The summed E-state index contributed by atoms with van der Waals surface area (Å²) < 4.78 is 0. The molecule has 2 heterocycles. The molecule has 1 aliphatic rings. The van der Waals surface area contributed by atoms with Gasteiger partial charge in [0.05, 0.1) is 0 Å². The summed E-state index contributed by atoms with van der Waals surface area (Å²) in [5.74, 6) is -0.225. The van der Waals surface area contributed by atoms with E-state index in [0.717, 1.165) is 32.7 Å². The minimum Gasteiger partial charge on any atom is -0.340 e. The van der Waals surface area contributed by atoms with Crippen LogP contribution in [0.1, 0.15) is 10.4 Å². The number of H-pyrrole nitrogens is 1. The molecule has 0 bridgehead atoms. The van der Waals surface area contributed by atoms with Gasteiger partial charge in [-0.3, -0.25) is 14.5 Å². The highest BCUT2D eigenvalue weighted by atomic mass is 16.2. The number of nitrogens with one attached hydrogen (secondary N) is 2. The highest BCUT2D eigenvalue weighted by Gasteiger charge is 2.16. The van der Waals surface area contributed by atoms with E-state index in [1.807, 2.05) is 0 Å². The van der Waals surface area contributed by atoms with Gasteiger partial charge in [0, 0.05) is 52.5 Å². The molecule has 104 valence electrons. The van der Waals surface area contributed by atoms with Gasteiger partial charge in [0.15, 0.2) is 0 Å². The van der Waals surface area contributed by atoms with E-state index in [0.29, 0.717) is 6.54 Å². The largest absolute Gasteiger partial charge is 0.340 e. The summed E-state index contributed by atoms with van der Waals surface area (Å²) in [6, 6.07) is 3.22. The number of hydrogen-bond donors (Lipinski definition) is 2. The molecule has 0 aromatic carbocycles. The van der Waals surface area contributed by atoms with Gasteiger partial charge >= 0.3 is 0 Å². The molecule has 0 spiro atoms. The Kier molecular flexibility index (Phi) is 4.70. The van der Waals surface area contributed by atoms with Gasteiger partial charge in [-0.25, -0.2) is 0 Å². The maximum atomic E-state index is 12.1. The Morgan fingerprint density at radius 2 is 2.16 bits per heavy atom. The number of carbonyl (C=O) groups excluding carboxylic acids is 1. The Labute approximate surface area is 112 Å². The lowest BCUT2D eigenvalue weighted by Crippen LogP contribution is -2.46. The topological polar surface area (TPSA) is 68.4 Å². The predicted molar refractivity (Wildman–Crippen MR) is 73.3 cm³/mol. The number of hydrogen-bond acceptors (Lipinski definition) is 4. The quantitative estimate of drug-likeness (QED) is 0.758. The van der Waals surface area contributed by atoms with Gasteiger partial charge in [0.1, 0.15) is 5.56 Å². The van der Waals surface area contributed by atoms with E-state index in [9.17, 15) is 9.59 Å². The monoisotopic (exact) mass is 264 g/mol. The van der Waals surface area contributed by atoms with Crippen LogP contribution in [0.2, 0.25) is 0 Å². The van der Waals surface area contributed by atoms with E-state index in [2.05, 4.69) is 15.2 Å². The number of aromatic amines is 1. The van der Waals surface area contributed by atoms with E-state index < -0.39 is 0 Å². The Balaban J connectivity index is 1.89. The van der Waals surface area contributed by atoms with Gasteiger partial charge < -0.3 is 15.2 Å². The van der Waals surface area contributed by atoms with Crippen LogP contribution in [0.3, 0.4) is 0 Å². The van der Waals surface area contributed by atoms with E-state index >= 15 is 0 Å². The van der Waals surface area contributed by atoms with Crippen LogP contribution in [0.5, 0.6) is 0 Å². The molecule has 0 radical (unpaired) electrons. The van der Waals surface area contributed by atoms with E-state index in [4.69, 9.17) is 0 Å². The Morgan fingerprint density at radius 1 is 1.42 bits per heavy atom. The van der Waals surface area contributed by atoms with Crippen molar-refractivity contribution < 1.29 is 4.79 Å². The van der Waals surface area contributed by atoms with Crippen LogP contribution in [0, 0.1) is 0 Å². The van der Waals surface area contributed by atoms with Crippen molar-refractivity contribution in [2.45, 2.75) is 0 Å². The second-order valence-electron chi connectivity index (χ2n) is 4.73. The van der Waals surface area contributed by atoms with Crippen LogP contribution in [-0.2, 0) is 0 Å². The highest BCUT2D eigenvalue weighted by molar-refractivity contribution is 5.93. The van der Waals surface area contributed by atoms with Crippen molar-refractivity contribution in [1.82, 2.24) is 20.1 Å². The minimum absolute atomic E-state index is 0.199. The summed E-state index contributed by atoms with van der Waals surface area (Å²) >= 11 is 0. The molecular weight excluding hydrogens is 244 g/mol. The molecule has 0 aliphatic carbocycles. The lowest BCUT2D eigenvalue weighted by molar-refractivity contribution is 0.0773. The molecule has 19 heavy (non-hydrogen) atoms. The lowest BCUT2D eigenvalue weighted by atomic mass is 10.2. The molecule has 1 fully saturated rings. The first-order valence-electron chi connectivity index (χ1n) is 6.55. The number of aromatic nitrogens is 1. The second kappa shape index (κ2) is 6.49. The summed E-state index contributed by atoms with van der Waals surface area (Å²) in [5.41, 5.74) is -0.133. The van der Waals surface area contributed by atoms with Crippen LogP contribution < -0.4 is 10.9 Å². The smallest absolute Gasteiger partial charge is 0.260 e. The Bertz CT molecular complexity index is 480. The average Bonchev–Trinajstić information content (AvgIpc) is 2.45. The number of piperazine rings is 1. The van der Waals surface area contributed by atoms with E-state index in [1.165, 1.54) is 6.20 Å². The number of carbonyl (C=O) groups is 1. The van der Waals surface area contributed by atoms with Crippen molar-refractivity contribution in [3.8, 4) is 0 Å². The van der Waals surface area contributed by atoms with E-state index in [-0.39, 0.29) is 17.0 Å². The van der Waals surface area contributed by atoms with Crippen molar-refractivity contribution >= 4 is 5.91 Å². The van der Waals surface area contributed by atoms with Crippen LogP contribution in [0.25, 0.3) is 0 Å². The Hall–Kier alpha value is -1.66. The maximum Gasteiger partial charge on any atom is 0.260 e. The van der Waals surface area contributed by atoms with Crippen LogP contribution in [-0.4, -0.2) is 67.0 Å². The summed E-state index contributed by atoms with van der Waals surface area (Å²) in [4.78, 5) is 30.1. The first kappa shape index (κ1) is 13.8. The zero-order chi connectivity index (χ0) is 13.7. The summed E-state index contributed by atoms with van der Waals surface area (Å²) in [6.07, 6.45) is 1.53. The molecule has 2 N–H and O–H groups in total. The third-order valence-corrected chi connectivity index (χ3v) is 3.36. The molecule has 1 aliphatic heterocycles. The third kappa shape index (κ3) is 3.65. The van der Waals surface area contributed by atoms with Crippen LogP contribution in [0.4, 0.5) is 0 Å². The second-order valence-corrected chi connectivity index (χ2v) is 4.73. The summed E-state index contributed by atoms with van der Waals surface area (Å²) in [6.45, 7) is 5.48. The average molecular weight is 264 g/mol. The van der Waals surface area contributed by atoms with E-state index in [1.54, 1.807) is 24.1 Å². The van der Waals surface area contributed by atoms with Crippen molar-refractivity contribution in [2.75, 3.05) is 46.3 Å². The number of likely N-dealkylation sites (N-methyl/N-ethyl adjacent to an activating group) is 1. The third-order valence-electron chi connectivity index (χ3n) is 3.36. The first-order valence-corrected chi connectivity index (χ1v) is 6.55. The molecule has 1 saturated heterocycles. The van der Waals surface area contributed by atoms with Crippen molar-refractivity contribution in [3.05, 3.63) is 34.2 Å². The van der Waals surface area contributed by atoms with Crippen LogP contribution in [0.15, 0.2) is 23.1 Å². The summed E-state index contributed by atoms with van der Waals surface area (Å²) in [7, 11) is 1.73. The molecule has 6 nitrogen and oxygen atoms in total. The number of nitrogens with zero attached hydrogens (tertiary/aromatic N) is 2. The van der Waals surface area contributed by atoms with Gasteiger partial charge in [-0.1, -0.05) is 0 Å². The predicted octanol–water partition coefficient (Wildman–Crippen LogP) is -0.648. The van der Waals surface area contributed by atoms with Crippen molar-refractivity contribution in [2.24, 2.45) is 0 Å². The molecule has 6 heteroatoms. The molecular formula is C13H20N4O2. The van der Waals surface area contributed by atoms with Gasteiger partial charge in [0.25, 0.3) is 11.5 Å². The summed E-state index contributed by atoms with van der Waals surface area (Å²) in [5, 5.41) is 3.29. The SMILES string of the molecule is CN(CCN1CCNCC1)C(=O)c1ccc[nH]c1=O. The van der Waals surface area contributed by atoms with Crippen LogP contribution >= 0.6 is 0 Å². The molecule has 0 atom stereocenters. The standard InChI is InChI=1S/C13H20N4O2/c1-16(9-10-17-7-5-14-6-8-17)13(19)11-3-2-4-15-12(11)18/h2-4,14H,5-10H2,1H3,(H,15,18). The molecule has 1 amide bonds. The number of rotatable bonds is 4. The fourth-order valence-corrected chi connectivity index (χ4v) is 2.12. The molecule has 0 saturated carbocycles. The zero-order valence-corrected chi connectivity index (χ0v) is 11.2. The molecule has 1 aromatic rings. The van der Waals surface area contributed by atoms with Crippen molar-refractivity contribution in [1.29, 1.82) is 0 Å². The number of amides is 1. The first-order chi connectivity index (χ1) is 9.18. The minimum atomic E-state index is -0.332. The van der Waals surface area contributed by atoms with Crippen molar-refractivity contribution in [3.63, 3.8) is 0 Å². The fraction of sp³-hybridized carbons (Fsp3) is 0.538. The zero-order valence-electron chi connectivity index (χ0n) is 11.2.